The molecule has 40 heavy (non-hydrogen) atoms. The fraction of sp³-hybridized carbons (Fsp3) is 0.912. The number of aliphatic carboxylic acids is 1. The van der Waals surface area contributed by atoms with Gasteiger partial charge in [-0.2, -0.15) is 0 Å². The lowest BCUT2D eigenvalue weighted by molar-refractivity contribution is -0.164. The zero-order valence-electron chi connectivity index (χ0n) is 26.1. The first kappa shape index (κ1) is 31.3. The van der Waals surface area contributed by atoms with Crippen molar-refractivity contribution in [1.82, 2.24) is 0 Å². The molecule has 4 aliphatic carbocycles. The van der Waals surface area contributed by atoms with Crippen LogP contribution in [-0.4, -0.2) is 35.7 Å². The SMILES string of the molecule is CCC(C)(C)C(=O)OCCCC(=O)OC1CCC2(C)C(CCC3C2CCC2(C)C(C(C)CCC(=O)O)CCC32)C1. The number of hydrogen-bond acceptors (Lipinski definition) is 5. The second kappa shape index (κ2) is 12.3. The third-order valence-electron chi connectivity index (χ3n) is 12.7. The molecule has 0 aromatic heterocycles. The van der Waals surface area contributed by atoms with Gasteiger partial charge in [-0.3, -0.25) is 14.4 Å². The van der Waals surface area contributed by atoms with Crippen LogP contribution in [0, 0.1) is 51.8 Å². The van der Waals surface area contributed by atoms with Crippen LogP contribution in [0.4, 0.5) is 0 Å². The minimum Gasteiger partial charge on any atom is -0.481 e. The van der Waals surface area contributed by atoms with Crippen molar-refractivity contribution in [3.8, 4) is 0 Å². The molecule has 0 amide bonds. The number of hydrogen-bond donors (Lipinski definition) is 1. The van der Waals surface area contributed by atoms with Crippen LogP contribution in [0.1, 0.15) is 131 Å². The summed E-state index contributed by atoms with van der Waals surface area (Å²) in [6.07, 6.45) is 13.4. The summed E-state index contributed by atoms with van der Waals surface area (Å²) in [5.41, 5.74) is 0.209. The smallest absolute Gasteiger partial charge is 0.311 e. The van der Waals surface area contributed by atoms with E-state index < -0.39 is 11.4 Å². The summed E-state index contributed by atoms with van der Waals surface area (Å²) in [5, 5.41) is 9.22. The van der Waals surface area contributed by atoms with Gasteiger partial charge in [0.25, 0.3) is 0 Å². The predicted molar refractivity (Wildman–Crippen MR) is 155 cm³/mol. The molecule has 6 nitrogen and oxygen atoms in total. The summed E-state index contributed by atoms with van der Waals surface area (Å²) in [6.45, 7) is 13.4. The van der Waals surface area contributed by atoms with Gasteiger partial charge < -0.3 is 14.6 Å². The molecular formula is C34H56O6. The molecule has 0 heterocycles. The highest BCUT2D eigenvalue weighted by Crippen LogP contribution is 2.68. The average Bonchev–Trinajstić information content (AvgIpc) is 3.27. The molecule has 6 heteroatoms. The highest BCUT2D eigenvalue weighted by atomic mass is 16.5. The Morgan fingerprint density at radius 2 is 1.65 bits per heavy atom. The Kier molecular flexibility index (Phi) is 9.67. The van der Waals surface area contributed by atoms with Crippen LogP contribution < -0.4 is 0 Å². The number of ether oxygens (including phenoxy) is 2. The van der Waals surface area contributed by atoms with E-state index in [0.717, 1.165) is 49.9 Å². The minimum absolute atomic E-state index is 0.0171. The van der Waals surface area contributed by atoms with Crippen molar-refractivity contribution in [3.05, 3.63) is 0 Å². The zero-order chi connectivity index (χ0) is 29.3. The molecule has 1 N–H and O–H groups in total. The Labute approximate surface area is 242 Å². The minimum atomic E-state index is -0.667. The Hall–Kier alpha value is -1.59. The van der Waals surface area contributed by atoms with Gasteiger partial charge in [0, 0.05) is 12.8 Å². The van der Waals surface area contributed by atoms with E-state index in [1.165, 1.54) is 38.5 Å². The number of carbonyl (C=O) groups excluding carboxylic acids is 2. The molecule has 0 bridgehead atoms. The molecule has 0 aliphatic heterocycles. The third-order valence-corrected chi connectivity index (χ3v) is 12.7. The second-order valence-corrected chi connectivity index (χ2v) is 15.2. The van der Waals surface area contributed by atoms with E-state index in [-0.39, 0.29) is 24.6 Å². The molecule has 0 radical (unpaired) electrons. The first-order valence-corrected chi connectivity index (χ1v) is 16.4. The van der Waals surface area contributed by atoms with Crippen LogP contribution in [0.3, 0.4) is 0 Å². The van der Waals surface area contributed by atoms with E-state index in [0.29, 0.717) is 47.8 Å². The van der Waals surface area contributed by atoms with Gasteiger partial charge in [-0.25, -0.2) is 0 Å². The Morgan fingerprint density at radius 3 is 2.35 bits per heavy atom. The van der Waals surface area contributed by atoms with E-state index in [2.05, 4.69) is 20.8 Å². The van der Waals surface area contributed by atoms with E-state index in [1.807, 2.05) is 20.8 Å². The van der Waals surface area contributed by atoms with Gasteiger partial charge in [-0.05, 0) is 137 Å². The molecule has 0 spiro atoms. The van der Waals surface area contributed by atoms with E-state index in [1.54, 1.807) is 0 Å². The fourth-order valence-electron chi connectivity index (χ4n) is 9.82. The molecule has 9 atom stereocenters. The van der Waals surface area contributed by atoms with Crippen molar-refractivity contribution in [1.29, 1.82) is 0 Å². The van der Waals surface area contributed by atoms with Crippen molar-refractivity contribution in [2.75, 3.05) is 6.61 Å². The highest BCUT2D eigenvalue weighted by molar-refractivity contribution is 5.75. The maximum atomic E-state index is 12.6. The lowest BCUT2D eigenvalue weighted by Crippen LogP contribution is -2.54. The first-order chi connectivity index (χ1) is 18.8. The summed E-state index contributed by atoms with van der Waals surface area (Å²) in [5.74, 6) is 3.05. The van der Waals surface area contributed by atoms with Crippen molar-refractivity contribution < 1.29 is 29.0 Å². The molecule has 4 saturated carbocycles. The number of esters is 2. The Morgan fingerprint density at radius 1 is 0.950 bits per heavy atom. The molecule has 9 unspecified atom stereocenters. The van der Waals surface area contributed by atoms with Gasteiger partial charge in [-0.1, -0.05) is 27.7 Å². The van der Waals surface area contributed by atoms with E-state index in [9.17, 15) is 19.5 Å². The summed E-state index contributed by atoms with van der Waals surface area (Å²) < 4.78 is 11.3. The second-order valence-electron chi connectivity index (χ2n) is 15.2. The maximum absolute atomic E-state index is 12.6. The molecule has 228 valence electrons. The van der Waals surface area contributed by atoms with Crippen LogP contribution in [0.15, 0.2) is 0 Å². The average molecular weight is 561 g/mol. The van der Waals surface area contributed by atoms with E-state index >= 15 is 0 Å². The van der Waals surface area contributed by atoms with Crippen LogP contribution in [-0.2, 0) is 23.9 Å². The highest BCUT2D eigenvalue weighted by Gasteiger charge is 2.60. The molecule has 0 aromatic carbocycles. The fourth-order valence-corrected chi connectivity index (χ4v) is 9.82. The van der Waals surface area contributed by atoms with Gasteiger partial charge >= 0.3 is 17.9 Å². The molecule has 4 fully saturated rings. The Bertz CT molecular complexity index is 927. The summed E-state index contributed by atoms with van der Waals surface area (Å²) in [4.78, 5) is 35.9. The van der Waals surface area contributed by atoms with Crippen molar-refractivity contribution >= 4 is 17.9 Å². The van der Waals surface area contributed by atoms with Gasteiger partial charge in [0.1, 0.15) is 6.10 Å². The molecule has 4 aliphatic rings. The first-order valence-electron chi connectivity index (χ1n) is 16.4. The molecule has 4 rings (SSSR count). The van der Waals surface area contributed by atoms with Crippen LogP contribution in [0.25, 0.3) is 0 Å². The zero-order valence-corrected chi connectivity index (χ0v) is 26.1. The summed E-state index contributed by atoms with van der Waals surface area (Å²) in [6, 6.07) is 0. The Balaban J connectivity index is 1.27. The van der Waals surface area contributed by atoms with Crippen LogP contribution >= 0.6 is 0 Å². The lowest BCUT2D eigenvalue weighted by Gasteiger charge is -2.61. The van der Waals surface area contributed by atoms with Gasteiger partial charge in [0.2, 0.25) is 0 Å². The van der Waals surface area contributed by atoms with Crippen molar-refractivity contribution in [3.63, 3.8) is 0 Å². The van der Waals surface area contributed by atoms with Crippen LogP contribution in [0.2, 0.25) is 0 Å². The number of carboxylic acid groups (broad SMARTS) is 1. The van der Waals surface area contributed by atoms with Crippen molar-refractivity contribution in [2.24, 2.45) is 51.8 Å². The normalized spacial score (nSPS) is 38.0. The lowest BCUT2D eigenvalue weighted by atomic mass is 9.44. The molecular weight excluding hydrogens is 504 g/mol. The van der Waals surface area contributed by atoms with E-state index in [4.69, 9.17) is 9.47 Å². The van der Waals surface area contributed by atoms with Gasteiger partial charge in [0.05, 0.1) is 12.0 Å². The summed E-state index contributed by atoms with van der Waals surface area (Å²) in [7, 11) is 0. The third kappa shape index (κ3) is 6.26. The van der Waals surface area contributed by atoms with Gasteiger partial charge in [-0.15, -0.1) is 0 Å². The number of carbonyl (C=O) groups is 3. The molecule has 0 aromatic rings. The van der Waals surface area contributed by atoms with Crippen molar-refractivity contribution in [2.45, 2.75) is 138 Å². The number of carboxylic acids is 1. The standard InChI is InChI=1S/C34H56O6/c1-7-32(3,4)31(38)39-20-8-9-30(37)40-24-16-18-33(5)23(21-24)11-12-25-27-14-13-26(22(2)10-15-29(35)36)34(27,6)19-17-28(25)33/h22-28H,7-21H2,1-6H3,(H,35,36). The monoisotopic (exact) mass is 560 g/mol. The topological polar surface area (TPSA) is 89.9 Å². The molecule has 0 saturated heterocycles. The van der Waals surface area contributed by atoms with Crippen LogP contribution in [0.5, 0.6) is 0 Å². The maximum Gasteiger partial charge on any atom is 0.311 e. The largest absolute Gasteiger partial charge is 0.481 e. The number of fused-ring (bicyclic) bond motifs is 5. The quantitative estimate of drug-likeness (QED) is 0.205. The summed E-state index contributed by atoms with van der Waals surface area (Å²) >= 11 is 0. The number of rotatable bonds is 11. The van der Waals surface area contributed by atoms with Gasteiger partial charge in [0.15, 0.2) is 0 Å². The predicted octanol–water partition coefficient (Wildman–Crippen LogP) is 7.82.